The molecule has 1 rings (SSSR count). The van der Waals surface area contributed by atoms with Gasteiger partial charge in [0.15, 0.2) is 0 Å². The number of hydrogen-bond acceptors (Lipinski definition) is 3. The lowest BCUT2D eigenvalue weighted by Gasteiger charge is -2.22. The highest BCUT2D eigenvalue weighted by Crippen LogP contribution is 2.38. The van der Waals surface area contributed by atoms with Crippen molar-refractivity contribution in [2.24, 2.45) is 0 Å². The van der Waals surface area contributed by atoms with E-state index in [0.29, 0.717) is 0 Å². The Morgan fingerprint density at radius 1 is 1.45 bits per heavy atom. The van der Waals surface area contributed by atoms with Gasteiger partial charge in [0.2, 0.25) is 0 Å². The van der Waals surface area contributed by atoms with Crippen LogP contribution in [0.1, 0.15) is 0 Å². The molecule has 0 radical (unpaired) electrons. The van der Waals surface area contributed by atoms with Crippen LogP contribution in [-0.4, -0.2) is 32.4 Å². The fraction of sp³-hybridized carbons (Fsp3) is 0.364. The molecule has 20 heavy (non-hydrogen) atoms. The molecule has 112 valence electrons. The maximum absolute atomic E-state index is 13.8. The molecule has 0 saturated heterocycles. The summed E-state index contributed by atoms with van der Waals surface area (Å²) in [6.07, 6.45) is 0. The van der Waals surface area contributed by atoms with Crippen LogP contribution in [0.4, 0.5) is 28.0 Å². The lowest BCUT2D eigenvalue weighted by atomic mass is 10.3. The Morgan fingerprint density at radius 2 is 2.10 bits per heavy atom. The molecular weight excluding hydrogens is 300 g/mol. The minimum Gasteiger partial charge on any atom is -0.364 e. The maximum Gasteiger partial charge on any atom is 0.446 e. The first kappa shape index (κ1) is 16.6. The summed E-state index contributed by atoms with van der Waals surface area (Å²) in [5.41, 5.74) is -4.67. The quantitative estimate of drug-likeness (QED) is 0.527. The summed E-state index contributed by atoms with van der Waals surface area (Å²) in [7, 11) is 2.65. The monoisotopic (exact) mass is 312 g/mol. The predicted octanol–water partition coefficient (Wildman–Crippen LogP) is 3.19. The standard InChI is InChI=1S/C11H12F4N2O2S/c1-16-10(18)17(6-19-2)9-4-3-7(5-8(9)12)20-11(13,14)15/h3-5H,6H2,1-2H3,(H,16,18). The molecule has 0 aliphatic carbocycles. The average Bonchev–Trinajstić information content (AvgIpc) is 2.34. The SMILES string of the molecule is CNC(=O)N(COC)c1ccc(SC(F)(F)F)cc1F. The van der Waals surface area contributed by atoms with Crippen LogP contribution >= 0.6 is 11.8 Å². The molecule has 2 amide bonds. The smallest absolute Gasteiger partial charge is 0.364 e. The second kappa shape index (κ2) is 6.80. The Labute approximate surface area is 117 Å². The summed E-state index contributed by atoms with van der Waals surface area (Å²) in [6.45, 7) is -0.234. The Kier molecular flexibility index (Phi) is 5.63. The molecule has 1 N–H and O–H groups in total. The number of rotatable bonds is 4. The van der Waals surface area contributed by atoms with E-state index in [2.05, 4.69) is 5.32 Å². The molecule has 9 heteroatoms. The fourth-order valence-electron chi connectivity index (χ4n) is 1.41. The average molecular weight is 312 g/mol. The van der Waals surface area contributed by atoms with Crippen LogP contribution in [-0.2, 0) is 4.74 Å². The normalized spacial score (nSPS) is 11.3. The van der Waals surface area contributed by atoms with E-state index in [9.17, 15) is 22.4 Å². The van der Waals surface area contributed by atoms with E-state index in [1.54, 1.807) is 0 Å². The number of alkyl halides is 3. The summed E-state index contributed by atoms with van der Waals surface area (Å²) >= 11 is -0.427. The van der Waals surface area contributed by atoms with E-state index in [4.69, 9.17) is 4.74 Å². The zero-order valence-corrected chi connectivity index (χ0v) is 11.4. The first-order valence-corrected chi connectivity index (χ1v) is 6.13. The van der Waals surface area contributed by atoms with Gasteiger partial charge < -0.3 is 10.1 Å². The third-order valence-corrected chi connectivity index (χ3v) is 2.88. The van der Waals surface area contributed by atoms with Gasteiger partial charge in [-0.2, -0.15) is 13.2 Å². The maximum atomic E-state index is 13.8. The van der Waals surface area contributed by atoms with E-state index in [0.717, 1.165) is 23.1 Å². The van der Waals surface area contributed by atoms with Gasteiger partial charge in [-0.05, 0) is 30.0 Å². The summed E-state index contributed by atoms with van der Waals surface area (Å²) in [5, 5.41) is 2.28. The van der Waals surface area contributed by atoms with Crippen LogP contribution in [0, 0.1) is 5.82 Å². The second-order valence-electron chi connectivity index (χ2n) is 3.56. The number of urea groups is 1. The molecule has 0 aliphatic rings. The highest BCUT2D eigenvalue weighted by Gasteiger charge is 2.30. The van der Waals surface area contributed by atoms with Crippen molar-refractivity contribution in [2.45, 2.75) is 10.4 Å². The molecule has 1 aromatic rings. The Balaban J connectivity index is 3.04. The van der Waals surface area contributed by atoms with Gasteiger partial charge in [-0.25, -0.2) is 9.18 Å². The Hall–Kier alpha value is -1.48. The van der Waals surface area contributed by atoms with Gasteiger partial charge in [-0.1, -0.05) is 0 Å². The molecule has 0 unspecified atom stereocenters. The minimum absolute atomic E-state index is 0.169. The van der Waals surface area contributed by atoms with Gasteiger partial charge in [0.25, 0.3) is 0 Å². The van der Waals surface area contributed by atoms with Crippen LogP contribution in [0.5, 0.6) is 0 Å². The van der Waals surface area contributed by atoms with Gasteiger partial charge in [-0.3, -0.25) is 4.90 Å². The van der Waals surface area contributed by atoms with Crippen molar-refractivity contribution in [1.82, 2.24) is 5.32 Å². The number of halogens is 4. The number of carbonyl (C=O) groups is 1. The molecular formula is C11H12F4N2O2S. The Morgan fingerprint density at radius 3 is 2.55 bits per heavy atom. The number of benzene rings is 1. The van der Waals surface area contributed by atoms with Gasteiger partial charge >= 0.3 is 11.5 Å². The molecule has 0 spiro atoms. The van der Waals surface area contributed by atoms with E-state index in [-0.39, 0.29) is 17.3 Å². The van der Waals surface area contributed by atoms with Crippen LogP contribution in [0.3, 0.4) is 0 Å². The minimum atomic E-state index is -4.50. The zero-order chi connectivity index (χ0) is 15.3. The topological polar surface area (TPSA) is 41.6 Å². The third kappa shape index (κ3) is 4.57. The molecule has 4 nitrogen and oxygen atoms in total. The van der Waals surface area contributed by atoms with Crippen LogP contribution in [0.2, 0.25) is 0 Å². The number of anilines is 1. The Bertz CT molecular complexity index is 482. The molecule has 0 fully saturated rings. The van der Waals surface area contributed by atoms with E-state index in [1.807, 2.05) is 0 Å². The number of ether oxygens (including phenoxy) is 1. The molecule has 0 aliphatic heterocycles. The first-order chi connectivity index (χ1) is 9.28. The van der Waals surface area contributed by atoms with E-state index >= 15 is 0 Å². The molecule has 0 aromatic heterocycles. The van der Waals surface area contributed by atoms with Crippen LogP contribution < -0.4 is 10.2 Å². The molecule has 0 bridgehead atoms. The summed E-state index contributed by atoms with van der Waals surface area (Å²) in [5.74, 6) is -0.945. The number of hydrogen-bond donors (Lipinski definition) is 1. The summed E-state index contributed by atoms with van der Waals surface area (Å²) in [6, 6.07) is 2.26. The molecule has 0 saturated carbocycles. The van der Waals surface area contributed by atoms with Crippen molar-refractivity contribution in [2.75, 3.05) is 25.8 Å². The summed E-state index contributed by atoms with van der Waals surface area (Å²) < 4.78 is 55.1. The number of carbonyl (C=O) groups excluding carboxylic acids is 1. The van der Waals surface area contributed by atoms with Gasteiger partial charge in [-0.15, -0.1) is 0 Å². The van der Waals surface area contributed by atoms with Gasteiger partial charge in [0.05, 0.1) is 5.69 Å². The van der Waals surface area contributed by atoms with E-state index < -0.39 is 29.1 Å². The number of nitrogens with one attached hydrogen (secondary N) is 1. The van der Waals surface area contributed by atoms with Crippen molar-refractivity contribution < 1.29 is 27.1 Å². The number of amides is 2. The van der Waals surface area contributed by atoms with Crippen molar-refractivity contribution in [1.29, 1.82) is 0 Å². The molecule has 0 atom stereocenters. The third-order valence-electron chi connectivity index (χ3n) is 2.16. The molecule has 0 heterocycles. The predicted molar refractivity (Wildman–Crippen MR) is 67.1 cm³/mol. The van der Waals surface area contributed by atoms with E-state index in [1.165, 1.54) is 14.2 Å². The van der Waals surface area contributed by atoms with Crippen molar-refractivity contribution in [3.05, 3.63) is 24.0 Å². The largest absolute Gasteiger partial charge is 0.446 e. The zero-order valence-electron chi connectivity index (χ0n) is 10.6. The second-order valence-corrected chi connectivity index (χ2v) is 4.70. The van der Waals surface area contributed by atoms with Crippen molar-refractivity contribution in [3.63, 3.8) is 0 Å². The van der Waals surface area contributed by atoms with Crippen LogP contribution in [0.25, 0.3) is 0 Å². The first-order valence-electron chi connectivity index (χ1n) is 5.32. The fourth-order valence-corrected chi connectivity index (χ4v) is 1.97. The highest BCUT2D eigenvalue weighted by atomic mass is 32.2. The number of nitrogens with zero attached hydrogens (tertiary/aromatic N) is 1. The van der Waals surface area contributed by atoms with Gasteiger partial charge in [0, 0.05) is 19.1 Å². The number of methoxy groups -OCH3 is 1. The highest BCUT2D eigenvalue weighted by molar-refractivity contribution is 8.00. The number of thioether (sulfide) groups is 1. The summed E-state index contributed by atoms with van der Waals surface area (Å²) in [4.78, 5) is 12.2. The van der Waals surface area contributed by atoms with Crippen molar-refractivity contribution >= 4 is 23.5 Å². The van der Waals surface area contributed by atoms with Crippen LogP contribution in [0.15, 0.2) is 23.1 Å². The van der Waals surface area contributed by atoms with Gasteiger partial charge in [0.1, 0.15) is 12.5 Å². The van der Waals surface area contributed by atoms with Crippen molar-refractivity contribution in [3.8, 4) is 0 Å². The lowest BCUT2D eigenvalue weighted by molar-refractivity contribution is -0.0328. The lowest BCUT2D eigenvalue weighted by Crippen LogP contribution is -2.39. The molecule has 1 aromatic carbocycles.